The molecule has 0 bridgehead atoms. The number of anilines is 1. The van der Waals surface area contributed by atoms with Gasteiger partial charge in [-0.3, -0.25) is 4.79 Å². The second-order valence-corrected chi connectivity index (χ2v) is 7.55. The summed E-state index contributed by atoms with van der Waals surface area (Å²) in [5.74, 6) is 0.677. The van der Waals surface area contributed by atoms with E-state index in [0.29, 0.717) is 10.6 Å². The number of fused-ring (bicyclic) bond motifs is 2. The molecule has 3 aromatic rings. The molecule has 2 aromatic heterocycles. The number of aromatic nitrogens is 1. The van der Waals surface area contributed by atoms with Gasteiger partial charge in [0.15, 0.2) is 0 Å². The zero-order valence-corrected chi connectivity index (χ0v) is 15.4. The molecule has 1 aliphatic rings. The number of nitrogens with one attached hydrogen (secondary N) is 1. The standard InChI is InChI=1S/C20H19N3O2S/c1-25-14-6-7-17-13(10-14)8-9-23(17)12-19(24)22-20-16(11-21)15-4-2-3-5-18(15)26-20/h6-10H,2-5,12H2,1H3,(H,22,24). The summed E-state index contributed by atoms with van der Waals surface area (Å²) in [6.07, 6.45) is 6.12. The highest BCUT2D eigenvalue weighted by Crippen LogP contribution is 2.37. The van der Waals surface area contributed by atoms with E-state index in [1.807, 2.05) is 35.0 Å². The minimum Gasteiger partial charge on any atom is -0.497 e. The summed E-state index contributed by atoms with van der Waals surface area (Å²) in [7, 11) is 1.64. The molecule has 0 aliphatic heterocycles. The van der Waals surface area contributed by atoms with Crippen LogP contribution in [-0.2, 0) is 24.2 Å². The SMILES string of the molecule is COc1ccc2c(ccn2CC(=O)Nc2sc3c(c2C#N)CCCC3)c1. The molecule has 0 radical (unpaired) electrons. The van der Waals surface area contributed by atoms with Crippen LogP contribution in [0.5, 0.6) is 5.75 Å². The summed E-state index contributed by atoms with van der Waals surface area (Å²) in [5.41, 5.74) is 2.77. The minimum absolute atomic E-state index is 0.117. The van der Waals surface area contributed by atoms with Crippen molar-refractivity contribution in [3.63, 3.8) is 0 Å². The third kappa shape index (κ3) is 2.95. The number of carbonyl (C=O) groups excluding carboxylic acids is 1. The Hall–Kier alpha value is -2.78. The van der Waals surface area contributed by atoms with Gasteiger partial charge in [-0.2, -0.15) is 5.26 Å². The Balaban J connectivity index is 1.55. The van der Waals surface area contributed by atoms with Crippen LogP contribution in [0.4, 0.5) is 5.00 Å². The highest BCUT2D eigenvalue weighted by atomic mass is 32.1. The Kier molecular flexibility index (Phi) is 4.39. The minimum atomic E-state index is -0.117. The van der Waals surface area contributed by atoms with Gasteiger partial charge < -0.3 is 14.6 Å². The summed E-state index contributed by atoms with van der Waals surface area (Å²) < 4.78 is 7.15. The van der Waals surface area contributed by atoms with Gasteiger partial charge in [0.05, 0.1) is 12.7 Å². The van der Waals surface area contributed by atoms with E-state index in [2.05, 4.69) is 11.4 Å². The van der Waals surface area contributed by atoms with Crippen molar-refractivity contribution in [3.8, 4) is 11.8 Å². The molecular weight excluding hydrogens is 346 g/mol. The maximum Gasteiger partial charge on any atom is 0.244 e. The smallest absolute Gasteiger partial charge is 0.244 e. The predicted octanol–water partition coefficient (Wildman–Crippen LogP) is 4.10. The van der Waals surface area contributed by atoms with Crippen molar-refractivity contribution >= 4 is 33.1 Å². The lowest BCUT2D eigenvalue weighted by Crippen LogP contribution is -2.18. The largest absolute Gasteiger partial charge is 0.497 e. The third-order valence-corrected chi connectivity index (χ3v) is 6.04. The zero-order valence-electron chi connectivity index (χ0n) is 14.5. The number of thiophene rings is 1. The van der Waals surface area contributed by atoms with Gasteiger partial charge in [0.2, 0.25) is 5.91 Å². The zero-order chi connectivity index (χ0) is 18.1. The number of nitrogens with zero attached hydrogens (tertiary/aromatic N) is 2. The lowest BCUT2D eigenvalue weighted by Gasteiger charge is -2.09. The van der Waals surface area contributed by atoms with Gasteiger partial charge in [0, 0.05) is 22.0 Å². The topological polar surface area (TPSA) is 67.0 Å². The van der Waals surface area contributed by atoms with Gasteiger partial charge in [-0.25, -0.2) is 0 Å². The van der Waals surface area contributed by atoms with E-state index in [0.717, 1.165) is 47.9 Å². The number of ether oxygens (including phenoxy) is 1. The molecule has 0 spiro atoms. The molecule has 0 atom stereocenters. The summed E-state index contributed by atoms with van der Waals surface area (Å²) in [5, 5.41) is 14.2. The van der Waals surface area contributed by atoms with Crippen LogP contribution in [0.2, 0.25) is 0 Å². The first kappa shape index (κ1) is 16.7. The van der Waals surface area contributed by atoms with Crippen molar-refractivity contribution in [2.24, 2.45) is 0 Å². The maximum atomic E-state index is 12.6. The maximum absolute atomic E-state index is 12.6. The molecule has 26 heavy (non-hydrogen) atoms. The van der Waals surface area contributed by atoms with Gasteiger partial charge in [-0.1, -0.05) is 0 Å². The number of aryl methyl sites for hydroxylation is 1. The lowest BCUT2D eigenvalue weighted by molar-refractivity contribution is -0.116. The fraction of sp³-hybridized carbons (Fsp3) is 0.300. The van der Waals surface area contributed by atoms with Crippen molar-refractivity contribution in [2.45, 2.75) is 32.2 Å². The fourth-order valence-corrected chi connectivity index (χ4v) is 4.79. The quantitative estimate of drug-likeness (QED) is 0.757. The van der Waals surface area contributed by atoms with Crippen molar-refractivity contribution in [2.75, 3.05) is 12.4 Å². The van der Waals surface area contributed by atoms with E-state index in [9.17, 15) is 10.1 Å². The van der Waals surface area contributed by atoms with Gasteiger partial charge in [-0.15, -0.1) is 11.3 Å². The molecule has 0 saturated heterocycles. The van der Waals surface area contributed by atoms with Crippen LogP contribution in [0.1, 0.15) is 28.8 Å². The summed E-state index contributed by atoms with van der Waals surface area (Å²) in [6, 6.07) is 10.0. The van der Waals surface area contributed by atoms with Gasteiger partial charge in [0.1, 0.15) is 23.4 Å². The first-order valence-electron chi connectivity index (χ1n) is 8.67. The Labute approximate surface area is 155 Å². The predicted molar refractivity (Wildman–Crippen MR) is 103 cm³/mol. The van der Waals surface area contributed by atoms with Crippen LogP contribution in [0.3, 0.4) is 0 Å². The third-order valence-electron chi connectivity index (χ3n) is 4.83. The lowest BCUT2D eigenvalue weighted by atomic mass is 9.96. The summed E-state index contributed by atoms with van der Waals surface area (Å²) >= 11 is 1.56. The molecule has 0 saturated carbocycles. The highest BCUT2D eigenvalue weighted by Gasteiger charge is 2.21. The molecule has 1 aromatic carbocycles. The number of benzene rings is 1. The molecule has 1 N–H and O–H groups in total. The first-order valence-corrected chi connectivity index (χ1v) is 9.48. The summed E-state index contributed by atoms with van der Waals surface area (Å²) in [4.78, 5) is 13.8. The Morgan fingerprint density at radius 3 is 3.00 bits per heavy atom. The number of hydrogen-bond acceptors (Lipinski definition) is 4. The number of amides is 1. The molecule has 1 amide bonds. The van der Waals surface area contributed by atoms with Crippen LogP contribution < -0.4 is 10.1 Å². The monoisotopic (exact) mass is 365 g/mol. The molecule has 2 heterocycles. The number of nitriles is 1. The van der Waals surface area contributed by atoms with E-state index in [1.165, 1.54) is 4.88 Å². The molecule has 5 nitrogen and oxygen atoms in total. The van der Waals surface area contributed by atoms with E-state index in [1.54, 1.807) is 18.4 Å². The highest BCUT2D eigenvalue weighted by molar-refractivity contribution is 7.16. The number of rotatable bonds is 4. The van der Waals surface area contributed by atoms with E-state index >= 15 is 0 Å². The average Bonchev–Trinajstić information content (AvgIpc) is 3.21. The van der Waals surface area contributed by atoms with Crippen LogP contribution >= 0.6 is 11.3 Å². The first-order chi connectivity index (χ1) is 12.7. The fourth-order valence-electron chi connectivity index (χ4n) is 3.54. The number of methoxy groups -OCH3 is 1. The van der Waals surface area contributed by atoms with Crippen LogP contribution in [0.15, 0.2) is 30.5 Å². The van der Waals surface area contributed by atoms with Crippen molar-refractivity contribution < 1.29 is 9.53 Å². The average molecular weight is 365 g/mol. The Bertz CT molecular complexity index is 1030. The molecule has 6 heteroatoms. The van der Waals surface area contributed by atoms with Crippen LogP contribution in [0, 0.1) is 11.3 Å². The second-order valence-electron chi connectivity index (χ2n) is 6.44. The number of hydrogen-bond donors (Lipinski definition) is 1. The molecule has 1 aliphatic carbocycles. The van der Waals surface area contributed by atoms with Gasteiger partial charge in [-0.05, 0) is 55.5 Å². The molecule has 0 fully saturated rings. The van der Waals surface area contributed by atoms with Crippen LogP contribution in [-0.4, -0.2) is 17.6 Å². The van der Waals surface area contributed by atoms with E-state index < -0.39 is 0 Å². The van der Waals surface area contributed by atoms with E-state index in [4.69, 9.17) is 4.74 Å². The number of carbonyl (C=O) groups is 1. The molecule has 4 rings (SSSR count). The van der Waals surface area contributed by atoms with Gasteiger partial charge >= 0.3 is 0 Å². The summed E-state index contributed by atoms with van der Waals surface area (Å²) in [6.45, 7) is 0.212. The normalized spacial score (nSPS) is 13.2. The molecular formula is C20H19N3O2S. The van der Waals surface area contributed by atoms with Gasteiger partial charge in [0.25, 0.3) is 0 Å². The second kappa shape index (κ2) is 6.85. The van der Waals surface area contributed by atoms with E-state index in [-0.39, 0.29) is 12.5 Å². The van der Waals surface area contributed by atoms with Crippen molar-refractivity contribution in [1.82, 2.24) is 4.57 Å². The Morgan fingerprint density at radius 1 is 1.35 bits per heavy atom. The van der Waals surface area contributed by atoms with Crippen LogP contribution in [0.25, 0.3) is 10.9 Å². The van der Waals surface area contributed by atoms with Crippen molar-refractivity contribution in [3.05, 3.63) is 46.5 Å². The molecule has 132 valence electrons. The molecule has 0 unspecified atom stereocenters. The Morgan fingerprint density at radius 2 is 2.19 bits per heavy atom. The van der Waals surface area contributed by atoms with Crippen molar-refractivity contribution in [1.29, 1.82) is 5.26 Å².